The lowest BCUT2D eigenvalue weighted by Gasteiger charge is -2.24. The molecule has 2 rings (SSSR count). The van der Waals surface area contributed by atoms with E-state index in [2.05, 4.69) is 22.9 Å². The van der Waals surface area contributed by atoms with E-state index in [1.54, 1.807) is 0 Å². The Morgan fingerprint density at radius 2 is 1.61 bits per heavy atom. The average Bonchev–Trinajstić information content (AvgIpc) is 2.91. The molecule has 0 aliphatic heterocycles. The standard InChI is InChI=1S/C29H41N3O6/c1-4-5-17-37-24-13-11-22(12-14-24)19-26(32-29(36)38-20-23-9-7-6-8-10-23)28(35)31-25(18-21(2)3)27(34)30-15-16-33/h6-14,21,25-26,33H,4-5,15-20H2,1-3H3,(H,30,34)(H,31,35)(H,32,36)/t25-,26-/m0/s1. The third kappa shape index (κ3) is 11.6. The normalized spacial score (nSPS) is 12.3. The van der Waals surface area contributed by atoms with Crippen molar-refractivity contribution in [2.24, 2.45) is 5.92 Å². The summed E-state index contributed by atoms with van der Waals surface area (Å²) in [6, 6.07) is 14.8. The van der Waals surface area contributed by atoms with Crippen LogP contribution in [0.5, 0.6) is 5.75 Å². The van der Waals surface area contributed by atoms with E-state index in [1.165, 1.54) is 0 Å². The number of amides is 3. The van der Waals surface area contributed by atoms with Crippen LogP contribution in [0.15, 0.2) is 54.6 Å². The first-order valence-electron chi connectivity index (χ1n) is 13.2. The van der Waals surface area contributed by atoms with E-state index in [9.17, 15) is 14.4 Å². The first kappa shape index (κ1) is 30.6. The van der Waals surface area contributed by atoms with Crippen LogP contribution < -0.4 is 20.7 Å². The molecule has 0 aromatic heterocycles. The Balaban J connectivity index is 2.13. The molecule has 9 heteroatoms. The number of aliphatic hydroxyl groups is 1. The summed E-state index contributed by atoms with van der Waals surface area (Å²) in [4.78, 5) is 38.6. The van der Waals surface area contributed by atoms with E-state index < -0.39 is 24.1 Å². The second-order valence-electron chi connectivity index (χ2n) is 9.51. The first-order valence-corrected chi connectivity index (χ1v) is 13.2. The molecule has 0 radical (unpaired) electrons. The fraction of sp³-hybridized carbons (Fsp3) is 0.483. The lowest BCUT2D eigenvalue weighted by Crippen LogP contribution is -2.55. The van der Waals surface area contributed by atoms with E-state index in [1.807, 2.05) is 68.4 Å². The molecule has 0 heterocycles. The molecule has 2 aromatic carbocycles. The number of benzene rings is 2. The highest BCUT2D eigenvalue weighted by atomic mass is 16.5. The molecular formula is C29H41N3O6. The molecule has 2 atom stereocenters. The molecule has 3 amide bonds. The summed E-state index contributed by atoms with van der Waals surface area (Å²) >= 11 is 0. The molecule has 0 fully saturated rings. The second-order valence-corrected chi connectivity index (χ2v) is 9.51. The molecule has 0 aliphatic carbocycles. The average molecular weight is 528 g/mol. The van der Waals surface area contributed by atoms with Crippen molar-refractivity contribution < 1.29 is 29.0 Å². The van der Waals surface area contributed by atoms with Crippen molar-refractivity contribution in [1.82, 2.24) is 16.0 Å². The number of hydrogen-bond donors (Lipinski definition) is 4. The van der Waals surface area contributed by atoms with Gasteiger partial charge in [0, 0.05) is 13.0 Å². The predicted molar refractivity (Wildman–Crippen MR) is 146 cm³/mol. The molecule has 0 aliphatic rings. The molecule has 0 bridgehead atoms. The summed E-state index contributed by atoms with van der Waals surface area (Å²) in [5.41, 5.74) is 1.63. The molecule has 0 spiro atoms. The summed E-state index contributed by atoms with van der Waals surface area (Å²) in [7, 11) is 0. The van der Waals surface area contributed by atoms with Crippen molar-refractivity contribution in [2.45, 2.75) is 65.1 Å². The van der Waals surface area contributed by atoms with Crippen molar-refractivity contribution in [3.63, 3.8) is 0 Å². The van der Waals surface area contributed by atoms with Crippen LogP contribution in [-0.4, -0.2) is 54.9 Å². The molecule has 0 unspecified atom stereocenters. The van der Waals surface area contributed by atoms with Gasteiger partial charge >= 0.3 is 6.09 Å². The van der Waals surface area contributed by atoms with Crippen LogP contribution >= 0.6 is 0 Å². The Kier molecular flexibility index (Phi) is 13.7. The SMILES string of the molecule is CCCCOc1ccc(C[C@H](NC(=O)OCc2ccccc2)C(=O)N[C@@H](CC(C)C)C(=O)NCCO)cc1. The van der Waals surface area contributed by atoms with Crippen LogP contribution in [0.2, 0.25) is 0 Å². The number of carbonyl (C=O) groups excluding carboxylic acids is 3. The van der Waals surface area contributed by atoms with Gasteiger partial charge in [0.15, 0.2) is 0 Å². The van der Waals surface area contributed by atoms with Gasteiger partial charge in [-0.25, -0.2) is 4.79 Å². The monoisotopic (exact) mass is 527 g/mol. The van der Waals surface area contributed by atoms with Crippen LogP contribution in [0.25, 0.3) is 0 Å². The Hall–Kier alpha value is -3.59. The van der Waals surface area contributed by atoms with Crippen molar-refractivity contribution in [3.05, 3.63) is 65.7 Å². The zero-order chi connectivity index (χ0) is 27.8. The van der Waals surface area contributed by atoms with Gasteiger partial charge in [-0.3, -0.25) is 9.59 Å². The van der Waals surface area contributed by atoms with E-state index in [-0.39, 0.29) is 38.0 Å². The number of rotatable bonds is 16. The Bertz CT molecular complexity index is 982. The summed E-state index contributed by atoms with van der Waals surface area (Å²) in [6.45, 7) is 6.55. The van der Waals surface area contributed by atoms with E-state index >= 15 is 0 Å². The van der Waals surface area contributed by atoms with Crippen molar-refractivity contribution in [2.75, 3.05) is 19.8 Å². The quantitative estimate of drug-likeness (QED) is 0.248. The summed E-state index contributed by atoms with van der Waals surface area (Å²) in [6.07, 6.45) is 1.85. The minimum Gasteiger partial charge on any atom is -0.494 e. The van der Waals surface area contributed by atoms with Crippen molar-refractivity contribution in [1.29, 1.82) is 0 Å². The third-order valence-electron chi connectivity index (χ3n) is 5.70. The Morgan fingerprint density at radius 3 is 2.24 bits per heavy atom. The third-order valence-corrected chi connectivity index (χ3v) is 5.70. The lowest BCUT2D eigenvalue weighted by atomic mass is 10.0. The minimum atomic E-state index is -0.981. The highest BCUT2D eigenvalue weighted by Gasteiger charge is 2.28. The molecule has 38 heavy (non-hydrogen) atoms. The minimum absolute atomic E-state index is 0.0599. The van der Waals surface area contributed by atoms with Gasteiger partial charge in [-0.2, -0.15) is 0 Å². The molecule has 0 saturated heterocycles. The molecule has 2 aromatic rings. The second kappa shape index (κ2) is 17.0. The van der Waals surface area contributed by atoms with Gasteiger partial charge in [0.05, 0.1) is 13.2 Å². The van der Waals surface area contributed by atoms with E-state index in [4.69, 9.17) is 14.6 Å². The molecule has 208 valence electrons. The smallest absolute Gasteiger partial charge is 0.408 e. The summed E-state index contributed by atoms with van der Waals surface area (Å²) in [5.74, 6) is -0.0338. The van der Waals surface area contributed by atoms with Crippen LogP contribution in [0, 0.1) is 5.92 Å². The number of hydrogen-bond acceptors (Lipinski definition) is 6. The number of aliphatic hydroxyl groups excluding tert-OH is 1. The zero-order valence-corrected chi connectivity index (χ0v) is 22.6. The largest absolute Gasteiger partial charge is 0.494 e. The zero-order valence-electron chi connectivity index (χ0n) is 22.6. The Labute approximate surface area is 225 Å². The van der Waals surface area contributed by atoms with Gasteiger partial charge in [-0.05, 0) is 42.0 Å². The first-order chi connectivity index (χ1) is 18.3. The van der Waals surface area contributed by atoms with Gasteiger partial charge in [-0.1, -0.05) is 69.7 Å². The number of alkyl carbamates (subject to hydrolysis) is 1. The van der Waals surface area contributed by atoms with Gasteiger partial charge in [-0.15, -0.1) is 0 Å². The number of unbranched alkanes of at least 4 members (excludes halogenated alkanes) is 1. The van der Waals surface area contributed by atoms with Crippen LogP contribution in [0.1, 0.15) is 51.2 Å². The topological polar surface area (TPSA) is 126 Å². The van der Waals surface area contributed by atoms with Gasteiger partial charge in [0.1, 0.15) is 24.4 Å². The van der Waals surface area contributed by atoms with Gasteiger partial charge in [0.2, 0.25) is 11.8 Å². The van der Waals surface area contributed by atoms with Crippen molar-refractivity contribution >= 4 is 17.9 Å². The van der Waals surface area contributed by atoms with E-state index in [0.717, 1.165) is 29.7 Å². The molecule has 0 saturated carbocycles. The molecule has 9 nitrogen and oxygen atoms in total. The highest BCUT2D eigenvalue weighted by molar-refractivity contribution is 5.91. The van der Waals surface area contributed by atoms with Gasteiger partial charge in [0.25, 0.3) is 0 Å². The Morgan fingerprint density at radius 1 is 0.895 bits per heavy atom. The summed E-state index contributed by atoms with van der Waals surface area (Å²) in [5, 5.41) is 17.1. The number of carbonyl (C=O) groups is 3. The maximum Gasteiger partial charge on any atom is 0.408 e. The number of nitrogens with one attached hydrogen (secondary N) is 3. The van der Waals surface area contributed by atoms with Crippen LogP contribution in [-0.2, 0) is 27.4 Å². The van der Waals surface area contributed by atoms with Gasteiger partial charge < -0.3 is 30.5 Å². The lowest BCUT2D eigenvalue weighted by molar-refractivity contribution is -0.130. The van der Waals surface area contributed by atoms with E-state index in [0.29, 0.717) is 13.0 Å². The summed E-state index contributed by atoms with van der Waals surface area (Å²) < 4.78 is 11.0. The maximum absolute atomic E-state index is 13.3. The number of ether oxygens (including phenoxy) is 2. The van der Waals surface area contributed by atoms with Crippen LogP contribution in [0.4, 0.5) is 4.79 Å². The van der Waals surface area contributed by atoms with Crippen LogP contribution in [0.3, 0.4) is 0 Å². The fourth-order valence-electron chi connectivity index (χ4n) is 3.69. The molecule has 4 N–H and O–H groups in total. The predicted octanol–water partition coefficient (Wildman–Crippen LogP) is 3.34. The maximum atomic E-state index is 13.3. The molecular weight excluding hydrogens is 486 g/mol. The van der Waals surface area contributed by atoms with Crippen molar-refractivity contribution in [3.8, 4) is 5.75 Å². The highest BCUT2D eigenvalue weighted by Crippen LogP contribution is 2.15. The fourth-order valence-corrected chi connectivity index (χ4v) is 3.69.